The van der Waals surface area contributed by atoms with Crippen molar-refractivity contribution in [3.63, 3.8) is 0 Å². The molecule has 2 aromatic heterocycles. The number of hydrogen-bond acceptors (Lipinski definition) is 7. The number of halogens is 2. The normalized spacial score (nSPS) is 18.2. The summed E-state index contributed by atoms with van der Waals surface area (Å²) < 4.78 is 18.7. The van der Waals surface area contributed by atoms with Crippen molar-refractivity contribution >= 4 is 51.1 Å². The van der Waals surface area contributed by atoms with Gasteiger partial charge in [-0.3, -0.25) is 0 Å². The van der Waals surface area contributed by atoms with Gasteiger partial charge in [0.1, 0.15) is 11.7 Å². The van der Waals surface area contributed by atoms with Gasteiger partial charge in [-0.25, -0.2) is 24.1 Å². The lowest BCUT2D eigenvalue weighted by Crippen LogP contribution is -2.17. The van der Waals surface area contributed by atoms with Crippen LogP contribution < -0.4 is 10.6 Å². The number of hydrogen-bond donors (Lipinski definition) is 3. The molecule has 1 aliphatic carbocycles. The zero-order valence-corrected chi connectivity index (χ0v) is 17.2. The minimum atomic E-state index is -1.27. The quantitative estimate of drug-likeness (QED) is 0.288. The molecule has 0 bridgehead atoms. The number of pyridine rings is 1. The van der Waals surface area contributed by atoms with E-state index in [9.17, 15) is 14.3 Å². The second-order valence-electron chi connectivity index (χ2n) is 6.87. The minimum Gasteiger partial charge on any atom is -0.478 e. The monoisotopic (exact) mass is 443 g/mol. The molecule has 160 valence electrons. The second kappa shape index (κ2) is 8.83. The molecule has 2 heterocycles. The number of anilines is 2. The van der Waals surface area contributed by atoms with E-state index in [0.717, 1.165) is 0 Å². The van der Waals surface area contributed by atoms with Crippen LogP contribution in [0, 0.1) is 0 Å². The predicted molar refractivity (Wildman–Crippen MR) is 118 cm³/mol. The van der Waals surface area contributed by atoms with E-state index in [4.69, 9.17) is 16.3 Å². The van der Waals surface area contributed by atoms with Crippen molar-refractivity contribution < 1.29 is 19.0 Å². The van der Waals surface area contributed by atoms with Crippen LogP contribution in [0.2, 0.25) is 0 Å². The standard InChI is InChI=1S/C21H19ClFN5O3/c1-31-7-6-24-21-25-10-14-13-4-2-11(20(29)30)8-17(13)27-19(18(14)28-21)26-12-3-5-16(23)15(22)9-12/h2-5,8-10,15-16H,6-7H2,1H3,(H,26,27)(H,29,30)(H,24,25,28). The SMILES string of the molecule is COCCNc1ncc2c(n1)c(NC1=CC(Cl)C(F)C=C1)nc1cc(C(=O)O)ccc12. The molecule has 1 aromatic carbocycles. The summed E-state index contributed by atoms with van der Waals surface area (Å²) in [4.78, 5) is 24.9. The number of benzene rings is 1. The number of carbonyl (C=O) groups is 1. The number of fused-ring (bicyclic) bond motifs is 3. The van der Waals surface area contributed by atoms with E-state index >= 15 is 0 Å². The molecule has 2 atom stereocenters. The molecule has 0 aliphatic heterocycles. The van der Waals surface area contributed by atoms with E-state index in [1.54, 1.807) is 31.5 Å². The molecule has 0 radical (unpaired) electrons. The Labute approximate surface area is 181 Å². The van der Waals surface area contributed by atoms with Crippen LogP contribution in [0.5, 0.6) is 0 Å². The first kappa shape index (κ1) is 21.0. The summed E-state index contributed by atoms with van der Waals surface area (Å²) in [7, 11) is 1.60. The van der Waals surface area contributed by atoms with Crippen LogP contribution in [-0.2, 0) is 4.74 Å². The average molecular weight is 444 g/mol. The lowest BCUT2D eigenvalue weighted by atomic mass is 10.1. The number of nitrogens with zero attached hydrogens (tertiary/aromatic N) is 3. The zero-order valence-electron chi connectivity index (χ0n) is 16.5. The summed E-state index contributed by atoms with van der Waals surface area (Å²) in [5.41, 5.74) is 1.66. The average Bonchev–Trinajstić information content (AvgIpc) is 2.76. The summed E-state index contributed by atoms with van der Waals surface area (Å²) in [5, 5.41) is 16.1. The van der Waals surface area contributed by atoms with Gasteiger partial charge in [0.05, 0.1) is 23.1 Å². The molecule has 4 rings (SSSR count). The van der Waals surface area contributed by atoms with Gasteiger partial charge in [-0.2, -0.15) is 0 Å². The van der Waals surface area contributed by atoms with E-state index in [0.29, 0.717) is 52.4 Å². The maximum absolute atomic E-state index is 13.7. The number of carboxylic acid groups (broad SMARTS) is 1. The van der Waals surface area contributed by atoms with Crippen molar-refractivity contribution in [2.75, 3.05) is 30.9 Å². The van der Waals surface area contributed by atoms with Crippen LogP contribution in [0.1, 0.15) is 10.4 Å². The van der Waals surface area contributed by atoms with Crippen LogP contribution in [0.15, 0.2) is 48.3 Å². The van der Waals surface area contributed by atoms with Gasteiger partial charge in [-0.05, 0) is 30.4 Å². The van der Waals surface area contributed by atoms with Gasteiger partial charge in [0, 0.05) is 36.3 Å². The summed E-state index contributed by atoms with van der Waals surface area (Å²) in [5.74, 6) is -0.286. The highest BCUT2D eigenvalue weighted by Crippen LogP contribution is 2.30. The third-order valence-electron chi connectivity index (χ3n) is 4.73. The van der Waals surface area contributed by atoms with E-state index in [1.165, 1.54) is 18.2 Å². The van der Waals surface area contributed by atoms with E-state index < -0.39 is 17.5 Å². The number of nitrogens with one attached hydrogen (secondary N) is 2. The molecule has 3 N–H and O–H groups in total. The Hall–Kier alpha value is -3.30. The molecule has 0 fully saturated rings. The minimum absolute atomic E-state index is 0.113. The lowest BCUT2D eigenvalue weighted by Gasteiger charge is -2.17. The van der Waals surface area contributed by atoms with Crippen molar-refractivity contribution in [1.82, 2.24) is 15.0 Å². The molecule has 8 nitrogen and oxygen atoms in total. The number of alkyl halides is 2. The van der Waals surface area contributed by atoms with E-state index in [1.807, 2.05) is 0 Å². The Bertz CT molecular complexity index is 1220. The van der Waals surface area contributed by atoms with Crippen LogP contribution in [0.25, 0.3) is 21.8 Å². The van der Waals surface area contributed by atoms with Gasteiger partial charge in [-0.15, -0.1) is 11.6 Å². The van der Waals surface area contributed by atoms with Crippen molar-refractivity contribution in [2.45, 2.75) is 11.5 Å². The van der Waals surface area contributed by atoms with E-state index in [2.05, 4.69) is 25.6 Å². The van der Waals surface area contributed by atoms with Crippen molar-refractivity contribution in [3.05, 3.63) is 53.9 Å². The third kappa shape index (κ3) is 4.42. The van der Waals surface area contributed by atoms with E-state index in [-0.39, 0.29) is 5.56 Å². The molecule has 0 saturated heterocycles. The largest absolute Gasteiger partial charge is 0.478 e. The van der Waals surface area contributed by atoms with Gasteiger partial charge >= 0.3 is 5.97 Å². The Morgan fingerprint density at radius 1 is 1.32 bits per heavy atom. The second-order valence-corrected chi connectivity index (χ2v) is 7.37. The molecular weight excluding hydrogens is 425 g/mol. The molecule has 0 amide bonds. The summed E-state index contributed by atoms with van der Waals surface area (Å²) >= 11 is 6.02. The number of rotatable bonds is 7. The Balaban J connectivity index is 1.84. The summed E-state index contributed by atoms with van der Waals surface area (Å²) in [6, 6.07) is 4.68. The van der Waals surface area contributed by atoms with Gasteiger partial charge < -0.3 is 20.5 Å². The van der Waals surface area contributed by atoms with Crippen molar-refractivity contribution in [1.29, 1.82) is 0 Å². The summed E-state index contributed by atoms with van der Waals surface area (Å²) in [6.45, 7) is 1.01. The fourth-order valence-electron chi connectivity index (χ4n) is 3.20. The number of carboxylic acids is 1. The van der Waals surface area contributed by atoms with Gasteiger partial charge in [-0.1, -0.05) is 6.07 Å². The fraction of sp³-hybridized carbons (Fsp3) is 0.238. The molecule has 10 heteroatoms. The molecule has 3 aromatic rings. The molecule has 2 unspecified atom stereocenters. The smallest absolute Gasteiger partial charge is 0.335 e. The van der Waals surface area contributed by atoms with Crippen LogP contribution in [-0.4, -0.2) is 57.8 Å². The third-order valence-corrected chi connectivity index (χ3v) is 5.10. The highest BCUT2D eigenvalue weighted by Gasteiger charge is 2.19. The topological polar surface area (TPSA) is 109 Å². The molecular formula is C21H19ClFN5O3. The number of ether oxygens (including phenoxy) is 1. The maximum atomic E-state index is 13.7. The molecule has 0 saturated carbocycles. The van der Waals surface area contributed by atoms with Crippen LogP contribution in [0.3, 0.4) is 0 Å². The highest BCUT2D eigenvalue weighted by atomic mass is 35.5. The number of allylic oxidation sites excluding steroid dienone is 3. The lowest BCUT2D eigenvalue weighted by molar-refractivity contribution is 0.0697. The highest BCUT2D eigenvalue weighted by molar-refractivity contribution is 6.22. The van der Waals surface area contributed by atoms with Crippen LogP contribution >= 0.6 is 11.6 Å². The van der Waals surface area contributed by atoms with Crippen LogP contribution in [0.4, 0.5) is 16.2 Å². The molecule has 31 heavy (non-hydrogen) atoms. The first-order valence-corrected chi connectivity index (χ1v) is 9.91. The Morgan fingerprint density at radius 3 is 2.90 bits per heavy atom. The van der Waals surface area contributed by atoms with Crippen molar-refractivity contribution in [2.24, 2.45) is 0 Å². The Morgan fingerprint density at radius 2 is 2.16 bits per heavy atom. The van der Waals surface area contributed by atoms with Gasteiger partial charge in [0.2, 0.25) is 5.95 Å². The number of methoxy groups -OCH3 is 1. The maximum Gasteiger partial charge on any atom is 0.335 e. The first-order valence-electron chi connectivity index (χ1n) is 9.48. The molecule has 0 spiro atoms. The fourth-order valence-corrected chi connectivity index (χ4v) is 3.42. The first-order chi connectivity index (χ1) is 15.0. The molecule has 1 aliphatic rings. The summed E-state index contributed by atoms with van der Waals surface area (Å²) in [6.07, 6.45) is 4.87. The van der Waals surface area contributed by atoms with Crippen molar-refractivity contribution in [3.8, 4) is 0 Å². The zero-order chi connectivity index (χ0) is 22.0. The van der Waals surface area contributed by atoms with Gasteiger partial charge in [0.25, 0.3) is 0 Å². The number of aromatic carboxylic acids is 1. The van der Waals surface area contributed by atoms with Gasteiger partial charge in [0.15, 0.2) is 5.82 Å². The predicted octanol–water partition coefficient (Wildman–Crippen LogP) is 3.75. The Kier molecular flexibility index (Phi) is 5.97. The number of aromatic nitrogens is 3.